The summed E-state index contributed by atoms with van der Waals surface area (Å²) >= 11 is 1.07. The minimum atomic E-state index is -0.886. The van der Waals surface area contributed by atoms with Crippen LogP contribution in [0.3, 0.4) is 0 Å². The molecule has 7 nitrogen and oxygen atoms in total. The number of carboxylic acid groups (broad SMARTS) is 1. The van der Waals surface area contributed by atoms with Crippen LogP contribution in [-0.4, -0.2) is 32.7 Å². The van der Waals surface area contributed by atoms with Crippen molar-refractivity contribution in [1.29, 1.82) is 0 Å². The summed E-state index contributed by atoms with van der Waals surface area (Å²) in [5.74, 6) is -0.871. The summed E-state index contributed by atoms with van der Waals surface area (Å²) in [5, 5.41) is 18.6. The lowest BCUT2D eigenvalue weighted by Gasteiger charge is -2.27. The maximum absolute atomic E-state index is 11.7. The van der Waals surface area contributed by atoms with Crippen molar-refractivity contribution < 1.29 is 14.7 Å². The fraction of sp³-hybridized carbons (Fsp3) is 0.600. The monoisotopic (exact) mass is 270 g/mol. The molecule has 1 aromatic heterocycles. The van der Waals surface area contributed by atoms with E-state index in [2.05, 4.69) is 20.2 Å². The van der Waals surface area contributed by atoms with Gasteiger partial charge in [-0.1, -0.05) is 10.9 Å². The first-order valence-corrected chi connectivity index (χ1v) is 6.38. The third-order valence-corrected chi connectivity index (χ3v) is 3.93. The highest BCUT2D eigenvalue weighted by molar-refractivity contribution is 7.10. The summed E-state index contributed by atoms with van der Waals surface area (Å²) in [7, 11) is 0. The first-order valence-electron chi connectivity index (χ1n) is 5.60. The van der Waals surface area contributed by atoms with Crippen LogP contribution < -0.4 is 10.6 Å². The van der Waals surface area contributed by atoms with Crippen molar-refractivity contribution in [3.05, 3.63) is 6.20 Å². The van der Waals surface area contributed by atoms with Gasteiger partial charge in [0.05, 0.1) is 11.6 Å². The number of amides is 2. The van der Waals surface area contributed by atoms with Crippen LogP contribution in [0.5, 0.6) is 0 Å². The number of urea groups is 1. The first-order chi connectivity index (χ1) is 8.52. The molecule has 1 aromatic rings. The molecule has 0 radical (unpaired) electrons. The first kappa shape index (κ1) is 12.7. The van der Waals surface area contributed by atoms with Gasteiger partial charge in [0.25, 0.3) is 0 Å². The Labute approximate surface area is 108 Å². The maximum atomic E-state index is 11.7. The number of carboxylic acids is 1. The number of nitrogens with zero attached hydrogens (tertiary/aromatic N) is 2. The van der Waals surface area contributed by atoms with Crippen LogP contribution in [0.4, 0.5) is 9.80 Å². The van der Waals surface area contributed by atoms with Crippen molar-refractivity contribution in [1.82, 2.24) is 14.9 Å². The molecule has 3 N–H and O–H groups in total. The van der Waals surface area contributed by atoms with Gasteiger partial charge in [0.2, 0.25) is 0 Å². The predicted molar refractivity (Wildman–Crippen MR) is 65.4 cm³/mol. The van der Waals surface area contributed by atoms with Crippen LogP contribution >= 0.6 is 11.5 Å². The zero-order valence-corrected chi connectivity index (χ0v) is 10.7. The van der Waals surface area contributed by atoms with Gasteiger partial charge in [0.1, 0.15) is 5.00 Å². The van der Waals surface area contributed by atoms with E-state index in [1.807, 2.05) is 0 Å². The molecule has 2 unspecified atom stereocenters. The Bertz CT molecular complexity index is 450. The zero-order chi connectivity index (χ0) is 13.2. The van der Waals surface area contributed by atoms with Gasteiger partial charge in [-0.25, -0.2) is 4.79 Å². The van der Waals surface area contributed by atoms with E-state index in [-0.39, 0.29) is 6.04 Å². The molecule has 2 atom stereocenters. The number of aliphatic carboxylic acids is 1. The Morgan fingerprint density at radius 1 is 1.61 bits per heavy atom. The van der Waals surface area contributed by atoms with Crippen molar-refractivity contribution in [2.24, 2.45) is 5.41 Å². The number of hydrogen-bond donors (Lipinski definition) is 3. The van der Waals surface area contributed by atoms with Crippen LogP contribution in [0, 0.1) is 5.41 Å². The quantitative estimate of drug-likeness (QED) is 0.768. The molecule has 18 heavy (non-hydrogen) atoms. The second-order valence-corrected chi connectivity index (χ2v) is 5.33. The lowest BCUT2D eigenvalue weighted by molar-refractivity contribution is -0.148. The molecule has 0 bridgehead atoms. The van der Waals surface area contributed by atoms with Crippen molar-refractivity contribution in [3.8, 4) is 0 Å². The Kier molecular flexibility index (Phi) is 3.46. The van der Waals surface area contributed by atoms with Crippen LogP contribution in [0.1, 0.15) is 26.2 Å². The van der Waals surface area contributed by atoms with Gasteiger partial charge >= 0.3 is 12.0 Å². The highest BCUT2D eigenvalue weighted by Gasteiger charge is 2.45. The van der Waals surface area contributed by atoms with Crippen LogP contribution in [0.25, 0.3) is 0 Å². The average molecular weight is 270 g/mol. The van der Waals surface area contributed by atoms with Crippen LogP contribution in [0.15, 0.2) is 6.20 Å². The van der Waals surface area contributed by atoms with Gasteiger partial charge < -0.3 is 10.4 Å². The highest BCUT2D eigenvalue weighted by atomic mass is 32.1. The molecule has 8 heteroatoms. The molecule has 1 heterocycles. The van der Waals surface area contributed by atoms with Gasteiger partial charge in [0, 0.05) is 17.6 Å². The van der Waals surface area contributed by atoms with E-state index < -0.39 is 17.4 Å². The van der Waals surface area contributed by atoms with E-state index >= 15 is 0 Å². The minimum Gasteiger partial charge on any atom is -0.481 e. The molecule has 0 aromatic carbocycles. The lowest BCUT2D eigenvalue weighted by atomic mass is 9.85. The van der Waals surface area contributed by atoms with E-state index in [1.54, 1.807) is 6.92 Å². The van der Waals surface area contributed by atoms with Crippen molar-refractivity contribution in [3.63, 3.8) is 0 Å². The van der Waals surface area contributed by atoms with Crippen molar-refractivity contribution in [2.75, 3.05) is 5.32 Å². The number of rotatable bonds is 3. The molecule has 1 aliphatic rings. The minimum absolute atomic E-state index is 0.351. The van der Waals surface area contributed by atoms with E-state index in [0.29, 0.717) is 17.8 Å². The number of nitrogens with one attached hydrogen (secondary N) is 2. The number of anilines is 1. The smallest absolute Gasteiger partial charge is 0.320 e. The number of carbonyl (C=O) groups is 2. The van der Waals surface area contributed by atoms with Crippen molar-refractivity contribution in [2.45, 2.75) is 32.2 Å². The fourth-order valence-corrected chi connectivity index (χ4v) is 2.60. The number of hydrogen-bond acceptors (Lipinski definition) is 5. The Morgan fingerprint density at radius 3 is 3.00 bits per heavy atom. The van der Waals surface area contributed by atoms with Gasteiger partial charge in [-0.15, -0.1) is 5.10 Å². The molecular formula is C10H14N4O3S. The summed E-state index contributed by atoms with van der Waals surface area (Å²) in [6.07, 6.45) is 3.50. The number of aromatic nitrogens is 2. The molecule has 98 valence electrons. The van der Waals surface area contributed by atoms with E-state index in [9.17, 15) is 14.7 Å². The highest BCUT2D eigenvalue weighted by Crippen LogP contribution is 2.38. The Hall–Kier alpha value is -1.70. The molecule has 0 spiro atoms. The molecule has 1 aliphatic carbocycles. The predicted octanol–water partition coefficient (Wildman–Crippen LogP) is 1.30. The number of carbonyl (C=O) groups excluding carboxylic acids is 1. The zero-order valence-electron chi connectivity index (χ0n) is 9.84. The SMILES string of the molecule is CC1(C(=O)O)CCCC1NC(=O)Nc1cnns1. The van der Waals surface area contributed by atoms with Gasteiger partial charge in [-0.2, -0.15) is 0 Å². The van der Waals surface area contributed by atoms with Gasteiger partial charge in [-0.05, 0) is 19.8 Å². The molecular weight excluding hydrogens is 256 g/mol. The summed E-state index contributed by atoms with van der Waals surface area (Å²) in [5.41, 5.74) is -0.886. The summed E-state index contributed by atoms with van der Waals surface area (Å²) in [4.78, 5) is 23.0. The average Bonchev–Trinajstić information content (AvgIpc) is 2.90. The standard InChI is InChI=1S/C10H14N4O3S/c1-10(8(15)16)4-2-3-6(10)12-9(17)13-7-5-11-14-18-7/h5-6H,2-4H2,1H3,(H,15,16)(H2,12,13,17). The second-order valence-electron chi connectivity index (χ2n) is 4.55. The molecule has 0 aliphatic heterocycles. The summed E-state index contributed by atoms with van der Waals surface area (Å²) < 4.78 is 3.62. The lowest BCUT2D eigenvalue weighted by Crippen LogP contribution is -2.48. The van der Waals surface area contributed by atoms with Crippen LogP contribution in [0.2, 0.25) is 0 Å². The summed E-state index contributed by atoms with van der Waals surface area (Å²) in [6, 6.07) is -0.767. The van der Waals surface area contributed by atoms with Crippen molar-refractivity contribution >= 4 is 28.5 Å². The van der Waals surface area contributed by atoms with Gasteiger partial charge in [-0.3, -0.25) is 10.1 Å². The molecule has 2 amide bonds. The third kappa shape index (κ3) is 2.42. The normalized spacial score (nSPS) is 26.8. The molecule has 0 saturated heterocycles. The van der Waals surface area contributed by atoms with E-state index in [1.165, 1.54) is 6.20 Å². The Balaban J connectivity index is 1.96. The summed E-state index contributed by atoms with van der Waals surface area (Å²) in [6.45, 7) is 1.67. The van der Waals surface area contributed by atoms with Crippen LogP contribution in [-0.2, 0) is 4.79 Å². The second kappa shape index (κ2) is 4.89. The fourth-order valence-electron chi connectivity index (χ4n) is 2.18. The molecule has 1 saturated carbocycles. The van der Waals surface area contributed by atoms with Gasteiger partial charge in [0.15, 0.2) is 0 Å². The Morgan fingerprint density at radius 2 is 2.39 bits per heavy atom. The molecule has 1 fully saturated rings. The molecule has 2 rings (SSSR count). The largest absolute Gasteiger partial charge is 0.481 e. The topological polar surface area (TPSA) is 104 Å². The maximum Gasteiger partial charge on any atom is 0.320 e. The third-order valence-electron chi connectivity index (χ3n) is 3.35. The van der Waals surface area contributed by atoms with E-state index in [0.717, 1.165) is 18.0 Å². The van der Waals surface area contributed by atoms with E-state index in [4.69, 9.17) is 0 Å².